The third-order valence-electron chi connectivity index (χ3n) is 5.27. The second-order valence-corrected chi connectivity index (χ2v) is 8.71. The fraction of sp³-hybridized carbons (Fsp3) is 0.619. The number of hydrogen-bond donors (Lipinski definition) is 1. The molecule has 3 heterocycles. The number of likely N-dealkylation sites (tertiary alicyclic amines) is 1. The average Bonchev–Trinajstić information content (AvgIpc) is 3.09. The second kappa shape index (κ2) is 9.70. The fourth-order valence-electron chi connectivity index (χ4n) is 3.85. The molecule has 8 nitrogen and oxygen atoms in total. The van der Waals surface area contributed by atoms with Gasteiger partial charge in [0.25, 0.3) is 5.56 Å². The van der Waals surface area contributed by atoms with Gasteiger partial charge in [-0.2, -0.15) is 0 Å². The smallest absolute Gasteiger partial charge is 0.348 e. The van der Waals surface area contributed by atoms with Gasteiger partial charge in [-0.05, 0) is 51.3 Å². The number of aromatic amines is 1. The van der Waals surface area contributed by atoms with Crippen LogP contribution in [0.4, 0.5) is 0 Å². The summed E-state index contributed by atoms with van der Waals surface area (Å²) < 4.78 is 10.3. The number of rotatable bonds is 7. The summed E-state index contributed by atoms with van der Waals surface area (Å²) in [6.45, 7) is 10.1. The highest BCUT2D eigenvalue weighted by Gasteiger charge is 2.28. The highest BCUT2D eigenvalue weighted by Crippen LogP contribution is 2.34. The summed E-state index contributed by atoms with van der Waals surface area (Å²) in [6.07, 6.45) is 1.46. The first-order valence-corrected chi connectivity index (χ1v) is 11.3. The largest absolute Gasteiger partial charge is 0.466 e. The minimum atomic E-state index is -0.411. The van der Waals surface area contributed by atoms with Gasteiger partial charge in [-0.1, -0.05) is 13.8 Å². The summed E-state index contributed by atoms with van der Waals surface area (Å²) in [5, 5.41) is 0.475. The number of nitrogens with one attached hydrogen (secondary N) is 1. The maximum Gasteiger partial charge on any atom is 0.348 e. The van der Waals surface area contributed by atoms with Gasteiger partial charge in [0.2, 0.25) is 0 Å². The van der Waals surface area contributed by atoms with Gasteiger partial charge >= 0.3 is 11.9 Å². The average molecular weight is 436 g/mol. The zero-order chi connectivity index (χ0) is 21.8. The van der Waals surface area contributed by atoms with Crippen LogP contribution < -0.4 is 5.56 Å². The van der Waals surface area contributed by atoms with E-state index in [1.54, 1.807) is 6.92 Å². The van der Waals surface area contributed by atoms with Crippen LogP contribution in [-0.4, -0.2) is 53.1 Å². The zero-order valence-electron chi connectivity index (χ0n) is 17.9. The van der Waals surface area contributed by atoms with Gasteiger partial charge < -0.3 is 14.5 Å². The van der Waals surface area contributed by atoms with E-state index in [0.717, 1.165) is 25.9 Å². The van der Waals surface area contributed by atoms with Crippen LogP contribution in [0.25, 0.3) is 10.2 Å². The first-order valence-electron chi connectivity index (χ1n) is 10.5. The van der Waals surface area contributed by atoms with Gasteiger partial charge in [-0.15, -0.1) is 11.3 Å². The van der Waals surface area contributed by atoms with Crippen LogP contribution in [0.1, 0.15) is 67.5 Å². The van der Waals surface area contributed by atoms with Crippen molar-refractivity contribution in [3.05, 3.63) is 26.6 Å². The van der Waals surface area contributed by atoms with E-state index < -0.39 is 5.97 Å². The van der Waals surface area contributed by atoms with E-state index in [1.165, 1.54) is 11.3 Å². The van der Waals surface area contributed by atoms with Crippen molar-refractivity contribution in [3.63, 3.8) is 0 Å². The van der Waals surface area contributed by atoms with Crippen LogP contribution in [0.5, 0.6) is 0 Å². The zero-order valence-corrected chi connectivity index (χ0v) is 18.8. The molecule has 1 saturated heterocycles. The van der Waals surface area contributed by atoms with Crippen molar-refractivity contribution in [3.8, 4) is 0 Å². The molecule has 0 unspecified atom stereocenters. The summed E-state index contributed by atoms with van der Waals surface area (Å²) in [5.41, 5.74) is 0.468. The van der Waals surface area contributed by atoms with Gasteiger partial charge in [-0.25, -0.2) is 9.78 Å². The van der Waals surface area contributed by atoms with E-state index >= 15 is 0 Å². The number of aromatic nitrogens is 2. The maximum absolute atomic E-state index is 12.9. The molecule has 3 rings (SSSR count). The predicted octanol–water partition coefficient (Wildman–Crippen LogP) is 3.06. The van der Waals surface area contributed by atoms with Crippen molar-refractivity contribution in [2.75, 3.05) is 26.3 Å². The van der Waals surface area contributed by atoms with E-state index in [2.05, 4.69) is 14.9 Å². The lowest BCUT2D eigenvalue weighted by molar-refractivity contribution is -0.149. The first kappa shape index (κ1) is 22.4. The number of carbonyl (C=O) groups excluding carboxylic acids is 2. The van der Waals surface area contributed by atoms with E-state index in [1.807, 2.05) is 20.8 Å². The number of nitrogens with zero attached hydrogens (tertiary/aromatic N) is 2. The lowest BCUT2D eigenvalue weighted by Gasteiger charge is -2.30. The first-order chi connectivity index (χ1) is 14.3. The Morgan fingerprint density at radius 1 is 1.20 bits per heavy atom. The van der Waals surface area contributed by atoms with E-state index in [-0.39, 0.29) is 30.0 Å². The standard InChI is InChI=1S/C21H29N3O5S/c1-5-28-20(26)13-7-9-24(10-8-13)11-14-22-18(25)16-15(12(3)4)17(21(27)29-6-2)30-19(16)23-14/h12-13H,5-11H2,1-4H3,(H,22,23,25). The van der Waals surface area contributed by atoms with Gasteiger partial charge in [0.15, 0.2) is 0 Å². The molecule has 30 heavy (non-hydrogen) atoms. The number of hydrogen-bond acceptors (Lipinski definition) is 8. The molecule has 1 fully saturated rings. The lowest BCUT2D eigenvalue weighted by Crippen LogP contribution is -2.37. The molecule has 0 aromatic carbocycles. The molecule has 1 aliphatic rings. The van der Waals surface area contributed by atoms with Crippen LogP contribution >= 0.6 is 11.3 Å². The van der Waals surface area contributed by atoms with Crippen molar-refractivity contribution in [1.82, 2.24) is 14.9 Å². The molecule has 0 aliphatic carbocycles. The Kier molecular flexibility index (Phi) is 7.25. The van der Waals surface area contributed by atoms with Gasteiger partial charge in [-0.3, -0.25) is 14.5 Å². The number of H-pyrrole nitrogens is 1. The van der Waals surface area contributed by atoms with Crippen molar-refractivity contribution < 1.29 is 19.1 Å². The molecule has 0 spiro atoms. The minimum absolute atomic E-state index is 0.00573. The number of fused-ring (bicyclic) bond motifs is 1. The number of carbonyl (C=O) groups is 2. The van der Waals surface area contributed by atoms with Crippen LogP contribution in [0.15, 0.2) is 4.79 Å². The molecule has 1 aliphatic heterocycles. The van der Waals surface area contributed by atoms with Crippen molar-refractivity contribution in [1.29, 1.82) is 0 Å². The molecule has 1 N–H and O–H groups in total. The minimum Gasteiger partial charge on any atom is -0.466 e. The summed E-state index contributed by atoms with van der Waals surface area (Å²) in [4.78, 5) is 47.9. The Hall–Kier alpha value is -2.26. The van der Waals surface area contributed by atoms with Crippen LogP contribution in [0, 0.1) is 5.92 Å². The number of esters is 2. The van der Waals surface area contributed by atoms with Crippen molar-refractivity contribution in [2.24, 2.45) is 5.92 Å². The summed E-state index contributed by atoms with van der Waals surface area (Å²) in [7, 11) is 0. The quantitative estimate of drug-likeness (QED) is 0.667. The van der Waals surface area contributed by atoms with E-state index in [9.17, 15) is 14.4 Å². The monoisotopic (exact) mass is 435 g/mol. The number of piperidine rings is 1. The molecule has 2 aromatic rings. The van der Waals surface area contributed by atoms with Gasteiger partial charge in [0, 0.05) is 0 Å². The Bertz CT molecular complexity index is 973. The molecule has 0 atom stereocenters. The Labute approximate surface area is 179 Å². The Morgan fingerprint density at radius 3 is 2.47 bits per heavy atom. The molecule has 2 aromatic heterocycles. The van der Waals surface area contributed by atoms with Crippen molar-refractivity contribution in [2.45, 2.75) is 53.0 Å². The Morgan fingerprint density at radius 2 is 1.87 bits per heavy atom. The molecular weight excluding hydrogens is 406 g/mol. The van der Waals surface area contributed by atoms with Crippen LogP contribution in [0.2, 0.25) is 0 Å². The SMILES string of the molecule is CCOC(=O)c1sc2nc(CN3CCC(C(=O)OCC)CC3)[nH]c(=O)c2c1C(C)C. The lowest BCUT2D eigenvalue weighted by atomic mass is 9.97. The third kappa shape index (κ3) is 4.73. The molecule has 0 bridgehead atoms. The van der Waals surface area contributed by atoms with Crippen molar-refractivity contribution >= 4 is 33.5 Å². The summed E-state index contributed by atoms with van der Waals surface area (Å²) in [6, 6.07) is 0. The summed E-state index contributed by atoms with van der Waals surface area (Å²) >= 11 is 1.22. The molecule has 0 amide bonds. The second-order valence-electron chi connectivity index (χ2n) is 7.72. The predicted molar refractivity (Wildman–Crippen MR) is 115 cm³/mol. The number of ether oxygens (including phenoxy) is 2. The molecule has 9 heteroatoms. The van der Waals surface area contributed by atoms with E-state index in [4.69, 9.17) is 9.47 Å². The molecule has 0 saturated carbocycles. The highest BCUT2D eigenvalue weighted by atomic mass is 32.1. The van der Waals surface area contributed by atoms with Gasteiger partial charge in [0.05, 0.1) is 31.1 Å². The number of thiophene rings is 1. The van der Waals surface area contributed by atoms with Gasteiger partial charge in [0.1, 0.15) is 15.5 Å². The molecular formula is C21H29N3O5S. The van der Waals surface area contributed by atoms with E-state index in [0.29, 0.717) is 39.6 Å². The molecule has 0 radical (unpaired) electrons. The van der Waals surface area contributed by atoms with Crippen LogP contribution in [-0.2, 0) is 20.8 Å². The third-order valence-corrected chi connectivity index (χ3v) is 6.35. The Balaban J connectivity index is 1.81. The summed E-state index contributed by atoms with van der Waals surface area (Å²) in [5.74, 6) is -0.0424. The maximum atomic E-state index is 12.9. The van der Waals surface area contributed by atoms with Crippen LogP contribution in [0.3, 0.4) is 0 Å². The fourth-order valence-corrected chi connectivity index (χ4v) is 5.09. The highest BCUT2D eigenvalue weighted by molar-refractivity contribution is 7.20. The normalized spacial score (nSPS) is 15.6. The molecule has 164 valence electrons. The topological polar surface area (TPSA) is 102 Å².